The Morgan fingerprint density at radius 3 is 2.00 bits per heavy atom. The van der Waals surface area contributed by atoms with E-state index in [1.165, 1.54) is 24.7 Å². The Hall–Kier alpha value is -1.31. The molecule has 0 aromatic carbocycles. The predicted molar refractivity (Wildman–Crippen MR) is 92.1 cm³/mol. The molecule has 2 aromatic rings. The maximum absolute atomic E-state index is 8.30. The molecule has 0 atom stereocenters. The molecule has 0 saturated carbocycles. The van der Waals surface area contributed by atoms with Crippen molar-refractivity contribution >= 4 is 69.4 Å². The second kappa shape index (κ2) is 9.75. The van der Waals surface area contributed by atoms with E-state index in [0.29, 0.717) is 16.1 Å². The molecule has 0 bridgehead atoms. The van der Waals surface area contributed by atoms with E-state index < -0.39 is 0 Å². The van der Waals surface area contributed by atoms with Gasteiger partial charge in [0.2, 0.25) is 0 Å². The van der Waals surface area contributed by atoms with E-state index in [9.17, 15) is 0 Å². The van der Waals surface area contributed by atoms with Crippen LogP contribution in [0.25, 0.3) is 0 Å². The van der Waals surface area contributed by atoms with Gasteiger partial charge in [-0.05, 0) is 12.1 Å². The molecule has 0 amide bonds. The number of rotatable bonds is 2. The fourth-order valence-electron chi connectivity index (χ4n) is 1.17. The van der Waals surface area contributed by atoms with Gasteiger partial charge in [-0.2, -0.15) is 0 Å². The minimum Gasteiger partial charge on any atom is -0.411 e. The van der Waals surface area contributed by atoms with Crippen LogP contribution in [0.1, 0.15) is 11.1 Å². The van der Waals surface area contributed by atoms with Crippen molar-refractivity contribution in [3.8, 4) is 0 Å². The zero-order chi connectivity index (χ0) is 17.4. The lowest BCUT2D eigenvalue weighted by molar-refractivity contribution is 0.320. The molecule has 6 nitrogen and oxygen atoms in total. The van der Waals surface area contributed by atoms with E-state index in [1.807, 2.05) is 0 Å². The van der Waals surface area contributed by atoms with Crippen molar-refractivity contribution in [1.29, 1.82) is 0 Å². The number of hydrogen-bond donors (Lipinski definition) is 2. The summed E-state index contributed by atoms with van der Waals surface area (Å²) in [5.41, 5.74) is 1.01. The summed E-state index contributed by atoms with van der Waals surface area (Å²) in [5.74, 6) is 0. The number of pyridine rings is 2. The first-order valence-corrected chi connectivity index (χ1v) is 7.45. The highest BCUT2D eigenvalue weighted by molar-refractivity contribution is 6.69. The van der Waals surface area contributed by atoms with Crippen LogP contribution in [0.2, 0.25) is 20.4 Å². The van der Waals surface area contributed by atoms with Gasteiger partial charge in [-0.3, -0.25) is 0 Å². The second-order valence-electron chi connectivity index (χ2n) is 3.67. The number of aromatic nitrogens is 2. The van der Waals surface area contributed by atoms with Crippen molar-refractivity contribution < 1.29 is 10.4 Å². The molecule has 11 heteroatoms. The number of halogens is 5. The first-order valence-electron chi connectivity index (χ1n) is 5.56. The first kappa shape index (κ1) is 19.7. The SMILES string of the molecule is O/N=C(/Cl)c1cnc(Cl)c(Cl)c1.O/N=C\c1cnc(Cl)c(Cl)c1. The lowest BCUT2D eigenvalue weighted by Gasteiger charge is -1.97. The Morgan fingerprint density at radius 2 is 1.52 bits per heavy atom. The van der Waals surface area contributed by atoms with E-state index in [4.69, 9.17) is 68.4 Å². The van der Waals surface area contributed by atoms with Gasteiger partial charge in [0, 0.05) is 23.5 Å². The Morgan fingerprint density at radius 1 is 0.957 bits per heavy atom. The van der Waals surface area contributed by atoms with Crippen LogP contribution in [0, 0.1) is 0 Å². The third-order valence-electron chi connectivity index (χ3n) is 2.15. The quantitative estimate of drug-likeness (QED) is 0.313. The van der Waals surface area contributed by atoms with Gasteiger partial charge >= 0.3 is 0 Å². The normalized spacial score (nSPS) is 11.3. The van der Waals surface area contributed by atoms with Crippen molar-refractivity contribution in [2.24, 2.45) is 10.3 Å². The van der Waals surface area contributed by atoms with Crippen LogP contribution >= 0.6 is 58.0 Å². The summed E-state index contributed by atoms with van der Waals surface area (Å²) in [6.45, 7) is 0. The van der Waals surface area contributed by atoms with E-state index in [0.717, 1.165) is 0 Å². The van der Waals surface area contributed by atoms with E-state index in [1.54, 1.807) is 6.07 Å². The highest BCUT2D eigenvalue weighted by Crippen LogP contribution is 2.20. The summed E-state index contributed by atoms with van der Waals surface area (Å²) < 4.78 is 0. The van der Waals surface area contributed by atoms with Crippen molar-refractivity contribution in [3.63, 3.8) is 0 Å². The van der Waals surface area contributed by atoms with Gasteiger partial charge in [-0.15, -0.1) is 0 Å². The third-order valence-corrected chi connectivity index (χ3v) is 3.81. The molecule has 2 N–H and O–H groups in total. The summed E-state index contributed by atoms with van der Waals surface area (Å²) in [7, 11) is 0. The van der Waals surface area contributed by atoms with Crippen LogP contribution in [-0.2, 0) is 0 Å². The van der Waals surface area contributed by atoms with Crippen LogP contribution in [0.3, 0.4) is 0 Å². The third kappa shape index (κ3) is 6.37. The molecule has 23 heavy (non-hydrogen) atoms. The van der Waals surface area contributed by atoms with E-state index in [2.05, 4.69) is 20.3 Å². The van der Waals surface area contributed by atoms with Gasteiger partial charge in [0.25, 0.3) is 0 Å². The van der Waals surface area contributed by atoms with Crippen LogP contribution in [0.4, 0.5) is 0 Å². The number of hydrogen-bond acceptors (Lipinski definition) is 6. The maximum Gasteiger partial charge on any atom is 0.176 e. The summed E-state index contributed by atoms with van der Waals surface area (Å²) in [4.78, 5) is 7.43. The van der Waals surface area contributed by atoms with Gasteiger partial charge in [-0.25, -0.2) is 9.97 Å². The van der Waals surface area contributed by atoms with Gasteiger partial charge in [0.15, 0.2) is 5.17 Å². The van der Waals surface area contributed by atoms with Crippen molar-refractivity contribution in [2.75, 3.05) is 0 Å². The Balaban J connectivity index is 0.000000231. The first-order chi connectivity index (χ1) is 10.9. The van der Waals surface area contributed by atoms with Crippen LogP contribution in [0.15, 0.2) is 34.8 Å². The minimum atomic E-state index is -0.0823. The fourth-order valence-corrected chi connectivity index (χ4v) is 1.82. The average Bonchev–Trinajstić information content (AvgIpc) is 2.54. The number of nitrogens with zero attached hydrogens (tertiary/aromatic N) is 4. The molecule has 2 heterocycles. The summed E-state index contributed by atoms with van der Waals surface area (Å²) in [6.07, 6.45) is 4.03. The molecule has 0 unspecified atom stereocenters. The highest BCUT2D eigenvalue weighted by Gasteiger charge is 2.04. The predicted octanol–water partition coefficient (Wildman–Crippen LogP) is 4.96. The summed E-state index contributed by atoms with van der Waals surface area (Å²) >= 11 is 27.8. The van der Waals surface area contributed by atoms with Crippen LogP contribution < -0.4 is 0 Å². The number of oxime groups is 2. The standard InChI is InChI=1S/C6H3Cl3N2O.C6H4Cl2N2O/c7-4-1-3(5(8)11-12)2-10-6(4)9;7-5-1-4(3-10-11)2-9-6(5)8/h1-2,12H;1-3,11H/b11-5+;10-3-. The molecule has 0 saturated heterocycles. The molecule has 0 aliphatic heterocycles. The average molecular weight is 416 g/mol. The van der Waals surface area contributed by atoms with Gasteiger partial charge in [0.05, 0.1) is 16.3 Å². The van der Waals surface area contributed by atoms with Gasteiger partial charge in [0.1, 0.15) is 10.3 Å². The zero-order valence-electron chi connectivity index (χ0n) is 11.0. The Labute approximate surface area is 155 Å². The topological polar surface area (TPSA) is 91.0 Å². The molecule has 0 radical (unpaired) electrons. The highest BCUT2D eigenvalue weighted by atomic mass is 35.5. The molecule has 0 aliphatic rings. The monoisotopic (exact) mass is 414 g/mol. The summed E-state index contributed by atoms with van der Waals surface area (Å²) in [5, 5.41) is 23.0. The molecule has 0 fully saturated rings. The lowest BCUT2D eigenvalue weighted by Crippen LogP contribution is -1.92. The molecule has 2 rings (SSSR count). The Kier molecular flexibility index (Phi) is 8.36. The molecule has 0 aliphatic carbocycles. The Bertz CT molecular complexity index is 739. The molecule has 122 valence electrons. The van der Waals surface area contributed by atoms with Crippen LogP contribution in [0.5, 0.6) is 0 Å². The molecule has 2 aromatic heterocycles. The van der Waals surface area contributed by atoms with Gasteiger partial charge < -0.3 is 10.4 Å². The van der Waals surface area contributed by atoms with Crippen molar-refractivity contribution in [1.82, 2.24) is 9.97 Å². The minimum absolute atomic E-state index is 0.0823. The molecular weight excluding hydrogens is 409 g/mol. The lowest BCUT2D eigenvalue weighted by atomic mass is 10.3. The smallest absolute Gasteiger partial charge is 0.176 e. The second-order valence-corrected chi connectivity index (χ2v) is 5.56. The van der Waals surface area contributed by atoms with Crippen molar-refractivity contribution in [3.05, 3.63) is 56.0 Å². The largest absolute Gasteiger partial charge is 0.411 e. The molecule has 0 spiro atoms. The van der Waals surface area contributed by atoms with E-state index >= 15 is 0 Å². The zero-order valence-corrected chi connectivity index (χ0v) is 14.7. The summed E-state index contributed by atoms with van der Waals surface area (Å²) in [6, 6.07) is 3.01. The van der Waals surface area contributed by atoms with Crippen molar-refractivity contribution in [2.45, 2.75) is 0 Å². The fraction of sp³-hybridized carbons (Fsp3) is 0. The van der Waals surface area contributed by atoms with Crippen LogP contribution in [-0.4, -0.2) is 31.8 Å². The van der Waals surface area contributed by atoms with E-state index in [-0.39, 0.29) is 20.5 Å². The molecular formula is C12H7Cl5N4O2. The maximum atomic E-state index is 8.30. The van der Waals surface area contributed by atoms with Gasteiger partial charge in [-0.1, -0.05) is 68.3 Å².